The lowest BCUT2D eigenvalue weighted by Crippen LogP contribution is -2.50. The lowest BCUT2D eigenvalue weighted by atomic mass is 9.93. The van der Waals surface area contributed by atoms with Crippen molar-refractivity contribution in [2.75, 3.05) is 20.7 Å². The molecule has 2 amide bonds. The third-order valence-corrected chi connectivity index (χ3v) is 5.73. The fraction of sp³-hybridized carbons (Fsp3) is 0.579. The number of piperidine rings is 1. The average molecular weight is 443 g/mol. The molecular weight excluding hydrogens is 419 g/mol. The Morgan fingerprint density at radius 3 is 2.63 bits per heavy atom. The standard InChI is InChI=1S/C19H24BrFN2O4/c1-18(2,3)27-17(25)23-10-19(12-8-11(20)6-7-14(12)21)9-13(19)15(23)16(24)22(4)26-5/h6-8,13,15H,9-10H2,1-5H3/t13-,15+,19-/m0/s1. The fourth-order valence-corrected chi connectivity index (χ4v) is 4.26. The smallest absolute Gasteiger partial charge is 0.411 e. The van der Waals surface area contributed by atoms with E-state index < -0.39 is 23.2 Å². The maximum absolute atomic E-state index is 14.6. The second-order valence-corrected chi connectivity index (χ2v) is 9.08. The molecule has 0 bridgehead atoms. The number of benzene rings is 1. The quantitative estimate of drug-likeness (QED) is 0.672. The number of hydrogen-bond donors (Lipinski definition) is 0. The van der Waals surface area contributed by atoms with Crippen molar-refractivity contribution < 1.29 is 23.6 Å². The highest BCUT2D eigenvalue weighted by atomic mass is 79.9. The van der Waals surface area contributed by atoms with Gasteiger partial charge in [-0.2, -0.15) is 0 Å². The fourth-order valence-electron chi connectivity index (χ4n) is 3.90. The van der Waals surface area contributed by atoms with E-state index in [4.69, 9.17) is 9.57 Å². The van der Waals surface area contributed by atoms with Crippen LogP contribution in [0.25, 0.3) is 0 Å². The zero-order valence-electron chi connectivity index (χ0n) is 16.1. The Balaban J connectivity index is 1.97. The van der Waals surface area contributed by atoms with Crippen molar-refractivity contribution in [1.29, 1.82) is 0 Å². The minimum absolute atomic E-state index is 0.182. The van der Waals surface area contributed by atoms with Gasteiger partial charge in [0, 0.05) is 29.4 Å². The van der Waals surface area contributed by atoms with Crippen LogP contribution in [0.2, 0.25) is 0 Å². The number of amides is 2. The van der Waals surface area contributed by atoms with Crippen LogP contribution in [-0.4, -0.2) is 54.3 Å². The van der Waals surface area contributed by atoms with E-state index in [0.717, 1.165) is 9.54 Å². The molecule has 1 saturated carbocycles. The van der Waals surface area contributed by atoms with Crippen LogP contribution in [0, 0.1) is 11.7 Å². The van der Waals surface area contributed by atoms with Crippen molar-refractivity contribution >= 4 is 27.9 Å². The molecule has 0 spiro atoms. The number of halogens is 2. The highest BCUT2D eigenvalue weighted by molar-refractivity contribution is 9.10. The lowest BCUT2D eigenvalue weighted by molar-refractivity contribution is -0.174. The molecule has 0 unspecified atom stereocenters. The summed E-state index contributed by atoms with van der Waals surface area (Å²) >= 11 is 3.38. The minimum atomic E-state index is -0.747. The summed E-state index contributed by atoms with van der Waals surface area (Å²) < 4.78 is 20.8. The number of rotatable bonds is 3. The number of hydrogen-bond acceptors (Lipinski definition) is 4. The zero-order valence-corrected chi connectivity index (χ0v) is 17.7. The molecule has 1 heterocycles. The van der Waals surface area contributed by atoms with E-state index in [-0.39, 0.29) is 24.2 Å². The van der Waals surface area contributed by atoms with Gasteiger partial charge in [0.05, 0.1) is 7.11 Å². The number of fused-ring (bicyclic) bond motifs is 1. The van der Waals surface area contributed by atoms with Gasteiger partial charge in [-0.25, -0.2) is 14.2 Å². The van der Waals surface area contributed by atoms with Gasteiger partial charge in [0.25, 0.3) is 5.91 Å². The Hall–Kier alpha value is -1.67. The van der Waals surface area contributed by atoms with Crippen LogP contribution in [0.4, 0.5) is 9.18 Å². The SMILES string of the molecule is CON(C)C(=O)[C@H]1[C@@H]2C[C@@]2(c2cc(Br)ccc2F)CN1C(=O)OC(C)(C)C. The summed E-state index contributed by atoms with van der Waals surface area (Å²) in [4.78, 5) is 32.1. The number of likely N-dealkylation sites (N-methyl/N-ethyl adjacent to an activating group) is 1. The van der Waals surface area contributed by atoms with Crippen molar-refractivity contribution in [3.8, 4) is 0 Å². The molecule has 1 saturated heterocycles. The molecule has 0 aromatic heterocycles. The van der Waals surface area contributed by atoms with Crippen LogP contribution in [-0.2, 0) is 19.8 Å². The first-order valence-electron chi connectivity index (χ1n) is 8.77. The van der Waals surface area contributed by atoms with Crippen molar-refractivity contribution in [1.82, 2.24) is 9.96 Å². The van der Waals surface area contributed by atoms with E-state index in [1.54, 1.807) is 32.9 Å². The third kappa shape index (κ3) is 3.57. The van der Waals surface area contributed by atoms with E-state index in [0.29, 0.717) is 12.0 Å². The molecule has 148 valence electrons. The normalized spacial score (nSPS) is 26.6. The van der Waals surface area contributed by atoms with Gasteiger partial charge in [0.1, 0.15) is 17.5 Å². The van der Waals surface area contributed by atoms with E-state index in [1.165, 1.54) is 25.1 Å². The number of carbonyl (C=O) groups excluding carboxylic acids is 2. The van der Waals surface area contributed by atoms with E-state index in [2.05, 4.69) is 15.9 Å². The lowest BCUT2D eigenvalue weighted by Gasteiger charge is -2.31. The molecule has 27 heavy (non-hydrogen) atoms. The predicted octanol–water partition coefficient (Wildman–Crippen LogP) is 3.49. The van der Waals surface area contributed by atoms with E-state index >= 15 is 0 Å². The number of carbonyl (C=O) groups is 2. The second-order valence-electron chi connectivity index (χ2n) is 8.16. The van der Waals surface area contributed by atoms with Crippen LogP contribution >= 0.6 is 15.9 Å². The van der Waals surface area contributed by atoms with Gasteiger partial charge >= 0.3 is 6.09 Å². The molecule has 1 aliphatic heterocycles. The van der Waals surface area contributed by atoms with Crippen LogP contribution < -0.4 is 0 Å². The first kappa shape index (κ1) is 20.1. The molecule has 1 aromatic rings. The molecule has 8 heteroatoms. The number of ether oxygens (including phenoxy) is 1. The van der Waals surface area contributed by atoms with Gasteiger partial charge in [0.15, 0.2) is 0 Å². The van der Waals surface area contributed by atoms with Gasteiger partial charge in [-0.15, -0.1) is 0 Å². The molecule has 3 rings (SSSR count). The summed E-state index contributed by atoms with van der Waals surface area (Å²) in [6.45, 7) is 5.53. The monoisotopic (exact) mass is 442 g/mol. The summed E-state index contributed by atoms with van der Waals surface area (Å²) in [5.41, 5.74) is -0.760. The van der Waals surface area contributed by atoms with Crippen molar-refractivity contribution in [3.05, 3.63) is 34.1 Å². The van der Waals surface area contributed by atoms with Crippen LogP contribution in [0.5, 0.6) is 0 Å². The molecule has 6 nitrogen and oxygen atoms in total. The zero-order chi connectivity index (χ0) is 20.1. The summed E-state index contributed by atoms with van der Waals surface area (Å²) in [5.74, 6) is -0.861. The molecular formula is C19H24BrFN2O4. The summed E-state index contributed by atoms with van der Waals surface area (Å²) in [6, 6.07) is 4.02. The van der Waals surface area contributed by atoms with Gasteiger partial charge < -0.3 is 4.74 Å². The number of hydroxylamine groups is 2. The third-order valence-electron chi connectivity index (χ3n) is 5.23. The number of likely N-dealkylation sites (tertiary alicyclic amines) is 1. The maximum Gasteiger partial charge on any atom is 0.411 e. The van der Waals surface area contributed by atoms with Gasteiger partial charge in [0.2, 0.25) is 0 Å². The topological polar surface area (TPSA) is 59.1 Å². The van der Waals surface area contributed by atoms with Crippen molar-refractivity contribution in [2.24, 2.45) is 5.92 Å². The highest BCUT2D eigenvalue weighted by Crippen LogP contribution is 2.63. The molecule has 2 fully saturated rings. The molecule has 1 aliphatic carbocycles. The Kier molecular flexibility index (Phi) is 5.01. The van der Waals surface area contributed by atoms with Crippen molar-refractivity contribution in [2.45, 2.75) is 44.2 Å². The van der Waals surface area contributed by atoms with E-state index in [1.807, 2.05) is 0 Å². The molecule has 2 aliphatic rings. The minimum Gasteiger partial charge on any atom is -0.444 e. The Morgan fingerprint density at radius 2 is 2.04 bits per heavy atom. The largest absolute Gasteiger partial charge is 0.444 e. The van der Waals surface area contributed by atoms with Crippen LogP contribution in [0.3, 0.4) is 0 Å². The second kappa shape index (κ2) is 6.74. The Morgan fingerprint density at radius 1 is 1.37 bits per heavy atom. The summed E-state index contributed by atoms with van der Waals surface area (Å²) in [5, 5.41) is 1.10. The Bertz CT molecular complexity index is 781. The van der Waals surface area contributed by atoms with E-state index in [9.17, 15) is 14.0 Å². The van der Waals surface area contributed by atoms with Crippen LogP contribution in [0.1, 0.15) is 32.8 Å². The molecule has 0 radical (unpaired) electrons. The number of nitrogens with zero attached hydrogens (tertiary/aromatic N) is 2. The highest BCUT2D eigenvalue weighted by Gasteiger charge is 2.70. The Labute approximate surface area is 166 Å². The summed E-state index contributed by atoms with van der Waals surface area (Å²) in [6.07, 6.45) is 0.0560. The molecule has 3 atom stereocenters. The molecule has 0 N–H and O–H groups in total. The first-order chi connectivity index (χ1) is 12.5. The predicted molar refractivity (Wildman–Crippen MR) is 100 cm³/mol. The van der Waals surface area contributed by atoms with Gasteiger partial charge in [-0.3, -0.25) is 14.5 Å². The van der Waals surface area contributed by atoms with Gasteiger partial charge in [-0.1, -0.05) is 15.9 Å². The maximum atomic E-state index is 14.6. The van der Waals surface area contributed by atoms with Crippen LogP contribution in [0.15, 0.2) is 22.7 Å². The first-order valence-corrected chi connectivity index (χ1v) is 9.56. The summed E-state index contributed by atoms with van der Waals surface area (Å²) in [7, 11) is 2.89. The van der Waals surface area contributed by atoms with Crippen molar-refractivity contribution in [3.63, 3.8) is 0 Å². The van der Waals surface area contributed by atoms with Gasteiger partial charge in [-0.05, 0) is 51.0 Å². The molecule has 1 aromatic carbocycles. The average Bonchev–Trinajstić information content (AvgIpc) is 3.20.